The van der Waals surface area contributed by atoms with E-state index >= 15 is 0 Å². The second-order valence-corrected chi connectivity index (χ2v) is 6.40. The van der Waals surface area contributed by atoms with Gasteiger partial charge in [0.1, 0.15) is 5.84 Å². The topological polar surface area (TPSA) is 67.6 Å². The molecule has 0 heterocycles. The Morgan fingerprint density at radius 2 is 2.00 bits per heavy atom. The van der Waals surface area contributed by atoms with Gasteiger partial charge >= 0.3 is 0 Å². The first kappa shape index (κ1) is 21.1. The molecule has 1 aromatic rings. The molecule has 0 radical (unpaired) electrons. The number of aryl methyl sites for hydroxylation is 1. The molecule has 4 nitrogen and oxygen atoms in total. The molecule has 0 aliphatic rings. The van der Waals surface area contributed by atoms with Crippen LogP contribution in [0.1, 0.15) is 18.9 Å². The maximum atomic E-state index is 6.13. The highest BCUT2D eigenvalue weighted by Gasteiger charge is 2.07. The quantitative estimate of drug-likeness (QED) is 0.162. The van der Waals surface area contributed by atoms with E-state index in [0.717, 1.165) is 23.0 Å². The van der Waals surface area contributed by atoms with E-state index in [0.29, 0.717) is 12.4 Å². The zero-order valence-corrected chi connectivity index (χ0v) is 16.3. The number of amidine groups is 1. The zero-order valence-electron chi connectivity index (χ0n) is 14.7. The Hall–Kier alpha value is -1.95. The largest absolute Gasteiger partial charge is 0.328 e. The maximum absolute atomic E-state index is 6.13. The minimum absolute atomic E-state index is 0.119. The molecule has 0 aromatic heterocycles. The highest BCUT2D eigenvalue weighted by atomic mass is 79.9. The second-order valence-electron chi connectivity index (χ2n) is 5.48. The molecule has 1 aromatic carbocycles. The predicted molar refractivity (Wildman–Crippen MR) is 114 cm³/mol. The van der Waals surface area contributed by atoms with Crippen molar-refractivity contribution in [2.45, 2.75) is 25.8 Å². The van der Waals surface area contributed by atoms with E-state index in [1.165, 1.54) is 5.56 Å². The lowest BCUT2D eigenvalue weighted by Crippen LogP contribution is -2.37. The number of rotatable bonds is 9. The number of hydrogen-bond donors (Lipinski definition) is 2. The average Bonchev–Trinajstić information content (AvgIpc) is 2.63. The number of hydrogen-bond acceptors (Lipinski definition) is 3. The van der Waals surface area contributed by atoms with E-state index in [1.807, 2.05) is 31.2 Å². The number of nitrogens with zero attached hydrogens (tertiary/aromatic N) is 2. The minimum Gasteiger partial charge on any atom is -0.328 e. The summed E-state index contributed by atoms with van der Waals surface area (Å²) in [6.07, 6.45) is 11.5. The molecule has 25 heavy (non-hydrogen) atoms. The third-order valence-corrected chi connectivity index (χ3v) is 4.11. The summed E-state index contributed by atoms with van der Waals surface area (Å²) in [4.78, 5) is 4.45. The Kier molecular flexibility index (Phi) is 9.77. The summed E-state index contributed by atoms with van der Waals surface area (Å²) in [5.74, 6) is 6.83. The molecular formula is C20H27BrN4. The van der Waals surface area contributed by atoms with Crippen molar-refractivity contribution in [2.24, 2.45) is 16.6 Å². The van der Waals surface area contributed by atoms with Crippen LogP contribution in [-0.4, -0.2) is 18.4 Å². The number of allylic oxidation sites excluding steroid dienone is 5. The molecule has 0 spiro atoms. The molecule has 0 fully saturated rings. The third kappa shape index (κ3) is 7.65. The normalized spacial score (nSPS) is 13.8. The van der Waals surface area contributed by atoms with Gasteiger partial charge in [-0.05, 0) is 43.5 Å². The van der Waals surface area contributed by atoms with Crippen LogP contribution in [0.2, 0.25) is 0 Å². The van der Waals surface area contributed by atoms with Crippen LogP contribution in [0.5, 0.6) is 0 Å². The molecule has 0 amide bonds. The number of halogens is 1. The van der Waals surface area contributed by atoms with Crippen molar-refractivity contribution in [3.05, 3.63) is 77.8 Å². The van der Waals surface area contributed by atoms with E-state index in [1.54, 1.807) is 17.2 Å². The van der Waals surface area contributed by atoms with Gasteiger partial charge in [-0.3, -0.25) is 10.0 Å². The Morgan fingerprint density at radius 1 is 1.32 bits per heavy atom. The predicted octanol–water partition coefficient (Wildman–Crippen LogP) is 4.25. The molecule has 0 aliphatic heterocycles. The van der Waals surface area contributed by atoms with Gasteiger partial charge in [-0.1, -0.05) is 58.9 Å². The van der Waals surface area contributed by atoms with Crippen LogP contribution >= 0.6 is 15.9 Å². The van der Waals surface area contributed by atoms with Gasteiger partial charge in [0.05, 0.1) is 11.7 Å². The van der Waals surface area contributed by atoms with Crippen LogP contribution in [0.25, 0.3) is 0 Å². The monoisotopic (exact) mass is 402 g/mol. The van der Waals surface area contributed by atoms with Gasteiger partial charge in [0, 0.05) is 11.0 Å². The fourth-order valence-electron chi connectivity index (χ4n) is 2.13. The summed E-state index contributed by atoms with van der Waals surface area (Å²) in [7, 11) is 0. The van der Waals surface area contributed by atoms with Gasteiger partial charge in [0.2, 0.25) is 0 Å². The Bertz CT molecular complexity index is 644. The summed E-state index contributed by atoms with van der Waals surface area (Å²) in [5.41, 5.74) is 7.77. The molecule has 4 N–H and O–H groups in total. The average molecular weight is 403 g/mol. The highest BCUT2D eigenvalue weighted by Crippen LogP contribution is 2.15. The van der Waals surface area contributed by atoms with Crippen molar-refractivity contribution in [3.63, 3.8) is 0 Å². The SMILES string of the molecule is C=C/C=C(Br)\C=C/CCc1ccc(N(N)C(C)=NC(C=C)CN)cc1. The summed E-state index contributed by atoms with van der Waals surface area (Å²) in [5, 5.41) is 1.56. The fraction of sp³-hybridized carbons (Fsp3) is 0.250. The molecule has 5 heteroatoms. The van der Waals surface area contributed by atoms with Crippen LogP contribution in [0.15, 0.2) is 77.3 Å². The summed E-state index contributed by atoms with van der Waals surface area (Å²) in [6, 6.07) is 8.04. The van der Waals surface area contributed by atoms with Crippen LogP contribution in [0.3, 0.4) is 0 Å². The van der Waals surface area contributed by atoms with Crippen molar-refractivity contribution in [1.29, 1.82) is 0 Å². The van der Waals surface area contributed by atoms with Crippen LogP contribution in [0.4, 0.5) is 5.69 Å². The lowest BCUT2D eigenvalue weighted by molar-refractivity contribution is 0.819. The van der Waals surface area contributed by atoms with Crippen LogP contribution < -0.4 is 16.6 Å². The third-order valence-electron chi connectivity index (χ3n) is 3.58. The molecule has 1 atom stereocenters. The van der Waals surface area contributed by atoms with Crippen LogP contribution in [-0.2, 0) is 6.42 Å². The van der Waals surface area contributed by atoms with Crippen molar-refractivity contribution < 1.29 is 0 Å². The highest BCUT2D eigenvalue weighted by molar-refractivity contribution is 9.11. The Balaban J connectivity index is 2.65. The molecule has 1 rings (SSSR count). The van der Waals surface area contributed by atoms with Gasteiger partial charge in [0.15, 0.2) is 0 Å². The van der Waals surface area contributed by atoms with E-state index in [4.69, 9.17) is 11.6 Å². The molecular weight excluding hydrogens is 376 g/mol. The number of hydrazine groups is 1. The van der Waals surface area contributed by atoms with E-state index in [9.17, 15) is 0 Å². The van der Waals surface area contributed by atoms with Gasteiger partial charge in [-0.25, -0.2) is 5.84 Å². The standard InChI is InChI=1S/C20H27BrN4/c1-4-8-18(21)10-7-6-9-17-11-13-20(14-12-17)25(23)16(3)24-19(5-2)15-22/h4-5,7-8,10-14,19H,1-2,6,9,15,22-23H2,3H3/b10-7-,18-8+,24-16?. The maximum Gasteiger partial charge on any atom is 0.115 e. The molecule has 0 aliphatic carbocycles. The Morgan fingerprint density at radius 3 is 2.56 bits per heavy atom. The molecule has 134 valence electrons. The second kappa shape index (κ2) is 11.6. The number of benzene rings is 1. The fourth-order valence-corrected chi connectivity index (χ4v) is 2.50. The van der Waals surface area contributed by atoms with E-state index < -0.39 is 0 Å². The van der Waals surface area contributed by atoms with E-state index in [2.05, 4.69) is 52.3 Å². The smallest absolute Gasteiger partial charge is 0.115 e. The van der Waals surface area contributed by atoms with Crippen molar-refractivity contribution >= 4 is 27.5 Å². The number of nitrogens with two attached hydrogens (primary N) is 2. The lowest BCUT2D eigenvalue weighted by Gasteiger charge is -2.19. The number of anilines is 1. The first-order valence-corrected chi connectivity index (χ1v) is 8.96. The van der Waals surface area contributed by atoms with Crippen molar-refractivity contribution in [3.8, 4) is 0 Å². The first-order chi connectivity index (χ1) is 12.0. The number of aliphatic imine (C=N–C) groups is 1. The zero-order chi connectivity index (χ0) is 18.7. The van der Waals surface area contributed by atoms with Crippen molar-refractivity contribution in [1.82, 2.24) is 0 Å². The lowest BCUT2D eigenvalue weighted by atomic mass is 10.1. The minimum atomic E-state index is -0.119. The Labute approximate surface area is 159 Å². The molecule has 1 unspecified atom stereocenters. The summed E-state index contributed by atoms with van der Waals surface area (Å²) in [6.45, 7) is 9.66. The van der Waals surface area contributed by atoms with Gasteiger partial charge in [-0.2, -0.15) is 0 Å². The summed E-state index contributed by atoms with van der Waals surface area (Å²) < 4.78 is 1.02. The van der Waals surface area contributed by atoms with Crippen molar-refractivity contribution in [2.75, 3.05) is 11.6 Å². The van der Waals surface area contributed by atoms with Crippen LogP contribution in [0, 0.1) is 0 Å². The van der Waals surface area contributed by atoms with Gasteiger partial charge in [0.25, 0.3) is 0 Å². The molecule has 0 bridgehead atoms. The molecule has 0 saturated heterocycles. The summed E-state index contributed by atoms with van der Waals surface area (Å²) >= 11 is 3.45. The molecule has 0 saturated carbocycles. The van der Waals surface area contributed by atoms with Gasteiger partial charge < -0.3 is 5.73 Å². The first-order valence-electron chi connectivity index (χ1n) is 8.17. The van der Waals surface area contributed by atoms with Gasteiger partial charge in [-0.15, -0.1) is 6.58 Å². The van der Waals surface area contributed by atoms with E-state index in [-0.39, 0.29) is 6.04 Å².